The standard InChI is InChI=1S/C12H22N4S/c1-9(2)12-14-10(8-11(17)15-12)13-6-5-7-16(3)4/h8-9H,5-7H2,1-4H3,(H2,13,14,15,17). The monoisotopic (exact) mass is 254 g/mol. The zero-order valence-corrected chi connectivity index (χ0v) is 11.9. The Bertz CT molecular complexity index is 398. The third-order valence-corrected chi connectivity index (χ3v) is 2.61. The molecule has 0 radical (unpaired) electrons. The van der Waals surface area contributed by atoms with E-state index in [-0.39, 0.29) is 0 Å². The molecule has 0 atom stereocenters. The molecule has 0 aliphatic carbocycles. The molecule has 1 rings (SSSR count). The topological polar surface area (TPSA) is 44.0 Å². The molecule has 0 amide bonds. The Labute approximate surface area is 108 Å². The second kappa shape index (κ2) is 6.71. The van der Waals surface area contributed by atoms with E-state index in [0.717, 1.165) is 31.2 Å². The average Bonchev–Trinajstić information content (AvgIpc) is 2.23. The highest BCUT2D eigenvalue weighted by molar-refractivity contribution is 7.71. The maximum absolute atomic E-state index is 5.15. The van der Waals surface area contributed by atoms with Crippen molar-refractivity contribution < 1.29 is 0 Å². The Morgan fingerprint density at radius 2 is 2.18 bits per heavy atom. The van der Waals surface area contributed by atoms with Gasteiger partial charge >= 0.3 is 0 Å². The molecule has 96 valence electrons. The van der Waals surface area contributed by atoms with Crippen LogP contribution in [0.25, 0.3) is 0 Å². The molecule has 5 heteroatoms. The number of rotatable bonds is 6. The minimum absolute atomic E-state index is 0.361. The Hall–Kier alpha value is -0.940. The first-order chi connectivity index (χ1) is 7.99. The fraction of sp³-hybridized carbons (Fsp3) is 0.667. The number of aromatic amines is 1. The van der Waals surface area contributed by atoms with Crippen molar-refractivity contribution in [3.05, 3.63) is 16.5 Å². The van der Waals surface area contributed by atoms with Crippen molar-refractivity contribution in [3.63, 3.8) is 0 Å². The molecular formula is C12H22N4S. The number of H-pyrrole nitrogens is 1. The zero-order chi connectivity index (χ0) is 12.8. The van der Waals surface area contributed by atoms with Gasteiger partial charge in [0, 0.05) is 18.5 Å². The van der Waals surface area contributed by atoms with Crippen LogP contribution in [0, 0.1) is 4.64 Å². The second-order valence-electron chi connectivity index (χ2n) is 4.76. The summed E-state index contributed by atoms with van der Waals surface area (Å²) in [7, 11) is 4.16. The summed E-state index contributed by atoms with van der Waals surface area (Å²) in [6.45, 7) is 6.22. The van der Waals surface area contributed by atoms with E-state index in [4.69, 9.17) is 12.2 Å². The normalized spacial score (nSPS) is 11.2. The lowest BCUT2D eigenvalue weighted by Crippen LogP contribution is -2.17. The number of nitrogens with one attached hydrogen (secondary N) is 2. The molecule has 0 unspecified atom stereocenters. The van der Waals surface area contributed by atoms with Crippen LogP contribution in [0.3, 0.4) is 0 Å². The fourth-order valence-electron chi connectivity index (χ4n) is 1.46. The molecule has 0 spiro atoms. The SMILES string of the molecule is CC(C)c1nc(=S)cc(NCCCN(C)C)[nH]1. The van der Waals surface area contributed by atoms with Gasteiger partial charge in [-0.25, -0.2) is 4.98 Å². The van der Waals surface area contributed by atoms with E-state index < -0.39 is 0 Å². The lowest BCUT2D eigenvalue weighted by atomic mass is 10.2. The number of nitrogens with zero attached hydrogens (tertiary/aromatic N) is 2. The van der Waals surface area contributed by atoms with Crippen molar-refractivity contribution in [2.45, 2.75) is 26.2 Å². The average molecular weight is 254 g/mol. The summed E-state index contributed by atoms with van der Waals surface area (Å²) in [5.74, 6) is 2.26. The summed E-state index contributed by atoms with van der Waals surface area (Å²) >= 11 is 5.15. The van der Waals surface area contributed by atoms with Crippen molar-refractivity contribution >= 4 is 18.0 Å². The fourth-order valence-corrected chi connectivity index (χ4v) is 1.68. The molecule has 4 nitrogen and oxygen atoms in total. The van der Waals surface area contributed by atoms with Gasteiger partial charge < -0.3 is 15.2 Å². The summed E-state index contributed by atoms with van der Waals surface area (Å²) in [6, 6.07) is 1.87. The largest absolute Gasteiger partial charge is 0.371 e. The van der Waals surface area contributed by atoms with Crippen LogP contribution in [-0.4, -0.2) is 42.1 Å². The van der Waals surface area contributed by atoms with Crippen LogP contribution in [0.4, 0.5) is 5.82 Å². The lowest BCUT2D eigenvalue weighted by molar-refractivity contribution is 0.405. The van der Waals surface area contributed by atoms with Gasteiger partial charge in [0.25, 0.3) is 0 Å². The van der Waals surface area contributed by atoms with Gasteiger partial charge in [-0.05, 0) is 27.1 Å². The third kappa shape index (κ3) is 5.28. The molecule has 1 heterocycles. The van der Waals surface area contributed by atoms with E-state index in [1.807, 2.05) is 6.07 Å². The van der Waals surface area contributed by atoms with Gasteiger partial charge in [0.1, 0.15) is 16.3 Å². The third-order valence-electron chi connectivity index (χ3n) is 2.41. The highest BCUT2D eigenvalue weighted by Crippen LogP contribution is 2.11. The van der Waals surface area contributed by atoms with Crippen molar-refractivity contribution in [2.75, 3.05) is 32.5 Å². The van der Waals surface area contributed by atoms with E-state index in [2.05, 4.69) is 48.1 Å². The Balaban J connectivity index is 2.56. The van der Waals surface area contributed by atoms with Crippen LogP contribution in [-0.2, 0) is 0 Å². The predicted molar refractivity (Wildman–Crippen MR) is 75.2 cm³/mol. The molecule has 2 N–H and O–H groups in total. The Morgan fingerprint density at radius 1 is 1.47 bits per heavy atom. The van der Waals surface area contributed by atoms with E-state index in [0.29, 0.717) is 10.6 Å². The van der Waals surface area contributed by atoms with Gasteiger partial charge in [0.2, 0.25) is 0 Å². The molecule has 0 saturated carbocycles. The van der Waals surface area contributed by atoms with Gasteiger partial charge in [-0.1, -0.05) is 26.1 Å². The molecule has 0 bridgehead atoms. The Morgan fingerprint density at radius 3 is 2.76 bits per heavy atom. The van der Waals surface area contributed by atoms with E-state index in [9.17, 15) is 0 Å². The highest BCUT2D eigenvalue weighted by atomic mass is 32.1. The summed E-state index contributed by atoms with van der Waals surface area (Å²) in [5, 5.41) is 3.35. The van der Waals surface area contributed by atoms with Crippen molar-refractivity contribution in [3.8, 4) is 0 Å². The molecular weight excluding hydrogens is 232 g/mol. The van der Waals surface area contributed by atoms with Crippen LogP contribution < -0.4 is 5.32 Å². The molecule has 0 saturated heterocycles. The molecule has 0 fully saturated rings. The molecule has 1 aromatic heterocycles. The van der Waals surface area contributed by atoms with Crippen LogP contribution in [0.5, 0.6) is 0 Å². The lowest BCUT2D eigenvalue weighted by Gasteiger charge is -2.12. The Kier molecular flexibility index (Phi) is 5.58. The van der Waals surface area contributed by atoms with Crippen LogP contribution in [0.2, 0.25) is 0 Å². The molecule has 17 heavy (non-hydrogen) atoms. The van der Waals surface area contributed by atoms with Crippen molar-refractivity contribution in [1.29, 1.82) is 0 Å². The number of anilines is 1. The zero-order valence-electron chi connectivity index (χ0n) is 11.1. The van der Waals surface area contributed by atoms with Crippen molar-refractivity contribution in [2.24, 2.45) is 0 Å². The molecule has 0 aliphatic heterocycles. The van der Waals surface area contributed by atoms with Crippen LogP contribution >= 0.6 is 12.2 Å². The van der Waals surface area contributed by atoms with Crippen molar-refractivity contribution in [1.82, 2.24) is 14.9 Å². The molecule has 0 aliphatic rings. The maximum Gasteiger partial charge on any atom is 0.131 e. The number of hydrogen-bond acceptors (Lipinski definition) is 4. The first-order valence-electron chi connectivity index (χ1n) is 5.99. The van der Waals surface area contributed by atoms with E-state index in [1.165, 1.54) is 0 Å². The van der Waals surface area contributed by atoms with Gasteiger partial charge in [0.15, 0.2) is 0 Å². The minimum Gasteiger partial charge on any atom is -0.371 e. The van der Waals surface area contributed by atoms with Gasteiger partial charge in [-0.2, -0.15) is 0 Å². The molecule has 0 aromatic carbocycles. The summed E-state index contributed by atoms with van der Waals surface area (Å²) in [5.41, 5.74) is 0. The van der Waals surface area contributed by atoms with Crippen LogP contribution in [0.1, 0.15) is 32.0 Å². The summed E-state index contributed by atoms with van der Waals surface area (Å²) < 4.78 is 0.641. The summed E-state index contributed by atoms with van der Waals surface area (Å²) in [6.07, 6.45) is 1.10. The quantitative estimate of drug-likeness (QED) is 0.605. The van der Waals surface area contributed by atoms with Gasteiger partial charge in [-0.15, -0.1) is 0 Å². The summed E-state index contributed by atoms with van der Waals surface area (Å²) in [4.78, 5) is 9.75. The number of hydrogen-bond donors (Lipinski definition) is 2. The van der Waals surface area contributed by atoms with Gasteiger partial charge in [-0.3, -0.25) is 0 Å². The second-order valence-corrected chi connectivity index (χ2v) is 5.17. The predicted octanol–water partition coefficient (Wildman–Crippen LogP) is 2.63. The first kappa shape index (κ1) is 14.1. The van der Waals surface area contributed by atoms with Gasteiger partial charge in [0.05, 0.1) is 0 Å². The van der Waals surface area contributed by atoms with Crippen LogP contribution in [0.15, 0.2) is 6.07 Å². The highest BCUT2D eigenvalue weighted by Gasteiger charge is 2.03. The smallest absolute Gasteiger partial charge is 0.131 e. The van der Waals surface area contributed by atoms with E-state index in [1.54, 1.807) is 0 Å². The first-order valence-corrected chi connectivity index (χ1v) is 6.39. The number of aromatic nitrogens is 2. The minimum atomic E-state index is 0.361. The maximum atomic E-state index is 5.15. The molecule has 1 aromatic rings. The van der Waals surface area contributed by atoms with E-state index >= 15 is 0 Å².